The molecule has 0 aliphatic heterocycles. The third-order valence-corrected chi connectivity index (χ3v) is 3.36. The van der Waals surface area contributed by atoms with Crippen molar-refractivity contribution in [3.63, 3.8) is 0 Å². The average molecular weight is 308 g/mol. The van der Waals surface area contributed by atoms with E-state index in [2.05, 4.69) is 0 Å². The van der Waals surface area contributed by atoms with Crippen molar-refractivity contribution in [2.45, 2.75) is 12.5 Å². The molecule has 0 aliphatic carbocycles. The van der Waals surface area contributed by atoms with Crippen molar-refractivity contribution in [1.29, 1.82) is 0 Å². The minimum Gasteiger partial charge on any atom is -0.496 e. The van der Waals surface area contributed by atoms with Crippen LogP contribution in [0.4, 0.5) is 5.69 Å². The smallest absolute Gasteiger partial charge is 0.269 e. The molecule has 5 nitrogen and oxygen atoms in total. The molecule has 0 radical (unpaired) electrons. The first-order chi connectivity index (χ1) is 10.0. The van der Waals surface area contributed by atoms with Gasteiger partial charge in [-0.15, -0.1) is 0 Å². The number of nitrogens with zero attached hydrogens (tertiary/aromatic N) is 1. The van der Waals surface area contributed by atoms with Crippen LogP contribution in [0.2, 0.25) is 5.02 Å². The number of nitro groups is 1. The van der Waals surface area contributed by atoms with Gasteiger partial charge in [-0.1, -0.05) is 23.7 Å². The zero-order valence-electron chi connectivity index (χ0n) is 11.3. The Balaban J connectivity index is 2.19. The van der Waals surface area contributed by atoms with Crippen LogP contribution >= 0.6 is 11.6 Å². The fourth-order valence-corrected chi connectivity index (χ4v) is 2.23. The van der Waals surface area contributed by atoms with Crippen molar-refractivity contribution in [3.05, 3.63) is 68.7 Å². The number of aliphatic hydroxyl groups is 1. The van der Waals surface area contributed by atoms with Crippen molar-refractivity contribution in [1.82, 2.24) is 0 Å². The quantitative estimate of drug-likeness (QED) is 0.677. The summed E-state index contributed by atoms with van der Waals surface area (Å²) in [6, 6.07) is 11.1. The third kappa shape index (κ3) is 3.71. The van der Waals surface area contributed by atoms with Gasteiger partial charge in [-0.25, -0.2) is 0 Å². The predicted octanol–water partition coefficient (Wildman–Crippen LogP) is 3.53. The average Bonchev–Trinajstić information content (AvgIpc) is 2.47. The molecule has 21 heavy (non-hydrogen) atoms. The van der Waals surface area contributed by atoms with E-state index in [1.165, 1.54) is 19.2 Å². The van der Waals surface area contributed by atoms with Gasteiger partial charge in [0.05, 0.1) is 18.1 Å². The number of halogens is 1. The number of benzene rings is 2. The van der Waals surface area contributed by atoms with E-state index in [-0.39, 0.29) is 5.69 Å². The zero-order chi connectivity index (χ0) is 15.4. The van der Waals surface area contributed by atoms with Crippen LogP contribution in [-0.4, -0.2) is 17.1 Å². The number of nitro benzene ring substituents is 1. The molecule has 2 aromatic rings. The molecule has 1 atom stereocenters. The van der Waals surface area contributed by atoms with Crippen LogP contribution < -0.4 is 4.74 Å². The van der Waals surface area contributed by atoms with Gasteiger partial charge in [0.2, 0.25) is 0 Å². The van der Waals surface area contributed by atoms with Gasteiger partial charge in [0, 0.05) is 29.1 Å². The fraction of sp³-hybridized carbons (Fsp3) is 0.200. The first-order valence-corrected chi connectivity index (χ1v) is 6.64. The standard InChI is InChI=1S/C15H14ClNO4/c1-21-15-7-4-11(16)9-13(15)14(18)8-10-2-5-12(6-3-10)17(19)20/h2-7,9,14,18H,8H2,1H3. The lowest BCUT2D eigenvalue weighted by Crippen LogP contribution is -2.04. The number of aliphatic hydroxyl groups excluding tert-OH is 1. The summed E-state index contributed by atoms with van der Waals surface area (Å²) in [7, 11) is 1.52. The second-order valence-corrected chi connectivity index (χ2v) is 4.97. The number of non-ortho nitro benzene ring substituents is 1. The zero-order valence-corrected chi connectivity index (χ0v) is 12.1. The molecule has 6 heteroatoms. The number of rotatable bonds is 5. The van der Waals surface area contributed by atoms with Gasteiger partial charge >= 0.3 is 0 Å². The number of hydrogen-bond donors (Lipinski definition) is 1. The van der Waals surface area contributed by atoms with E-state index in [9.17, 15) is 15.2 Å². The van der Waals surface area contributed by atoms with E-state index >= 15 is 0 Å². The number of ether oxygens (including phenoxy) is 1. The van der Waals surface area contributed by atoms with Crippen LogP contribution in [0, 0.1) is 10.1 Å². The SMILES string of the molecule is COc1ccc(Cl)cc1C(O)Cc1ccc([N+](=O)[O-])cc1. The second-order valence-electron chi connectivity index (χ2n) is 4.53. The first-order valence-electron chi connectivity index (χ1n) is 6.26. The normalized spacial score (nSPS) is 12.0. The lowest BCUT2D eigenvalue weighted by atomic mass is 10.0. The van der Waals surface area contributed by atoms with Gasteiger partial charge in [-0.2, -0.15) is 0 Å². The van der Waals surface area contributed by atoms with Gasteiger partial charge in [-0.3, -0.25) is 10.1 Å². The molecule has 2 aromatic carbocycles. The van der Waals surface area contributed by atoms with Crippen LogP contribution in [0.1, 0.15) is 17.2 Å². The van der Waals surface area contributed by atoms with Crippen LogP contribution in [0.5, 0.6) is 5.75 Å². The van der Waals surface area contributed by atoms with Gasteiger partial charge in [0.15, 0.2) is 0 Å². The molecule has 0 saturated heterocycles. The Morgan fingerprint density at radius 2 is 1.95 bits per heavy atom. The van der Waals surface area contributed by atoms with Gasteiger partial charge in [0.25, 0.3) is 5.69 Å². The van der Waals surface area contributed by atoms with Gasteiger partial charge < -0.3 is 9.84 Å². The maximum atomic E-state index is 10.6. The Morgan fingerprint density at radius 1 is 1.29 bits per heavy atom. The summed E-state index contributed by atoms with van der Waals surface area (Å²) in [6.45, 7) is 0. The molecule has 1 N–H and O–H groups in total. The number of hydrogen-bond acceptors (Lipinski definition) is 4. The predicted molar refractivity (Wildman–Crippen MR) is 79.8 cm³/mol. The molecule has 1 unspecified atom stereocenters. The highest BCUT2D eigenvalue weighted by Gasteiger charge is 2.15. The summed E-state index contributed by atoms with van der Waals surface area (Å²) in [5.41, 5.74) is 1.40. The van der Waals surface area contributed by atoms with Crippen molar-refractivity contribution in [2.75, 3.05) is 7.11 Å². The highest BCUT2D eigenvalue weighted by Crippen LogP contribution is 2.30. The van der Waals surface area contributed by atoms with Crippen molar-refractivity contribution in [2.24, 2.45) is 0 Å². The molecule has 0 saturated carbocycles. The summed E-state index contributed by atoms with van der Waals surface area (Å²) >= 11 is 5.93. The summed E-state index contributed by atoms with van der Waals surface area (Å²) in [4.78, 5) is 10.1. The molecule has 110 valence electrons. The van der Waals surface area contributed by atoms with Crippen molar-refractivity contribution in [3.8, 4) is 5.75 Å². The van der Waals surface area contributed by atoms with E-state index in [1.807, 2.05) is 0 Å². The van der Waals surface area contributed by atoms with E-state index < -0.39 is 11.0 Å². The molecule has 0 fully saturated rings. The molecule has 0 spiro atoms. The minimum absolute atomic E-state index is 0.0218. The van der Waals surface area contributed by atoms with Gasteiger partial charge in [-0.05, 0) is 23.8 Å². The molecule has 0 heterocycles. The molecule has 0 amide bonds. The van der Waals surface area contributed by atoms with E-state index in [0.29, 0.717) is 22.8 Å². The Hall–Kier alpha value is -2.11. The van der Waals surface area contributed by atoms with Crippen molar-refractivity contribution >= 4 is 17.3 Å². The Morgan fingerprint density at radius 3 is 2.52 bits per heavy atom. The lowest BCUT2D eigenvalue weighted by Gasteiger charge is -2.15. The molecular formula is C15H14ClNO4. The maximum Gasteiger partial charge on any atom is 0.269 e. The number of methoxy groups -OCH3 is 1. The van der Waals surface area contributed by atoms with E-state index in [4.69, 9.17) is 16.3 Å². The molecule has 0 bridgehead atoms. The molecular weight excluding hydrogens is 294 g/mol. The first kappa shape index (κ1) is 15.3. The lowest BCUT2D eigenvalue weighted by molar-refractivity contribution is -0.384. The Labute approximate surface area is 126 Å². The van der Waals surface area contributed by atoms with Crippen LogP contribution in [0.3, 0.4) is 0 Å². The summed E-state index contributed by atoms with van der Waals surface area (Å²) in [5, 5.41) is 21.4. The molecule has 0 aliphatic rings. The molecule has 0 aromatic heterocycles. The van der Waals surface area contributed by atoms with Crippen LogP contribution in [0.15, 0.2) is 42.5 Å². The summed E-state index contributed by atoms with van der Waals surface area (Å²) in [5.74, 6) is 0.550. The monoisotopic (exact) mass is 307 g/mol. The summed E-state index contributed by atoms with van der Waals surface area (Å²) < 4.78 is 5.20. The Kier molecular flexibility index (Phi) is 4.77. The van der Waals surface area contributed by atoms with Gasteiger partial charge in [0.1, 0.15) is 5.75 Å². The molecule has 2 rings (SSSR count). The largest absolute Gasteiger partial charge is 0.496 e. The van der Waals surface area contributed by atoms with E-state index in [0.717, 1.165) is 5.56 Å². The fourth-order valence-electron chi connectivity index (χ4n) is 2.05. The summed E-state index contributed by atoms with van der Waals surface area (Å²) in [6.07, 6.45) is -0.491. The topological polar surface area (TPSA) is 72.6 Å². The highest BCUT2D eigenvalue weighted by atomic mass is 35.5. The van der Waals surface area contributed by atoms with Crippen LogP contribution in [0.25, 0.3) is 0 Å². The minimum atomic E-state index is -0.805. The Bertz CT molecular complexity index is 643. The van der Waals surface area contributed by atoms with E-state index in [1.54, 1.807) is 30.3 Å². The maximum absolute atomic E-state index is 10.6. The highest BCUT2D eigenvalue weighted by molar-refractivity contribution is 6.30. The second kappa shape index (κ2) is 6.56. The van der Waals surface area contributed by atoms with Crippen molar-refractivity contribution < 1.29 is 14.8 Å². The van der Waals surface area contributed by atoms with Crippen LogP contribution in [-0.2, 0) is 6.42 Å². The third-order valence-electron chi connectivity index (χ3n) is 3.13.